The molecule has 28 heavy (non-hydrogen) atoms. The van der Waals surface area contributed by atoms with Crippen LogP contribution >= 0.6 is 0 Å². The van der Waals surface area contributed by atoms with Crippen LogP contribution in [0.4, 0.5) is 0 Å². The van der Waals surface area contributed by atoms with Gasteiger partial charge in [0.1, 0.15) is 6.10 Å². The van der Waals surface area contributed by atoms with Crippen molar-refractivity contribution in [1.29, 1.82) is 0 Å². The highest BCUT2D eigenvalue weighted by molar-refractivity contribution is 5.71. The van der Waals surface area contributed by atoms with Gasteiger partial charge in [-0.1, -0.05) is 11.6 Å². The number of rotatable bonds is 11. The fraction of sp³-hybridized carbons (Fsp3) is 0.857. The van der Waals surface area contributed by atoms with Gasteiger partial charge in [0.15, 0.2) is 6.29 Å². The molecule has 1 aliphatic carbocycles. The Labute approximate surface area is 169 Å². The van der Waals surface area contributed by atoms with Gasteiger partial charge in [-0.15, -0.1) is 0 Å². The zero-order valence-electron chi connectivity index (χ0n) is 18.2. The first-order valence-electron chi connectivity index (χ1n) is 10.1. The summed E-state index contributed by atoms with van der Waals surface area (Å²) in [5.41, 5.74) is 1.09. The monoisotopic (exact) mass is 399 g/mol. The molecule has 7 nitrogen and oxygen atoms in total. The van der Waals surface area contributed by atoms with Crippen molar-refractivity contribution in [2.75, 3.05) is 34.4 Å². The van der Waals surface area contributed by atoms with E-state index in [1.165, 1.54) is 5.57 Å². The Balaban J connectivity index is 1.84. The lowest BCUT2D eigenvalue weighted by molar-refractivity contribution is -0.154. The summed E-state index contributed by atoms with van der Waals surface area (Å²) < 4.78 is 27.7. The molecular weight excluding hydrogens is 362 g/mol. The van der Waals surface area contributed by atoms with E-state index in [0.29, 0.717) is 6.54 Å². The Morgan fingerprint density at radius 3 is 2.57 bits per heavy atom. The molecule has 2 rings (SSSR count). The van der Waals surface area contributed by atoms with E-state index in [1.54, 1.807) is 21.3 Å². The lowest BCUT2D eigenvalue weighted by Gasteiger charge is -2.37. The maximum atomic E-state index is 12.2. The van der Waals surface area contributed by atoms with Crippen LogP contribution < -0.4 is 5.32 Å². The van der Waals surface area contributed by atoms with E-state index in [2.05, 4.69) is 32.2 Å². The van der Waals surface area contributed by atoms with Gasteiger partial charge in [0.2, 0.25) is 0 Å². The standard InChI is InChI=1S/C21H37NO6/c1-14(2)7-10-18-21(3,28-18)16-11-15(8-9-17(16)24-4)27-19(23)12-22-13-20(25-5)26-6/h7,15-18,20,22H,8-13H2,1-6H3/t15?,16?,17-,18-,21-/m1/s1. The van der Waals surface area contributed by atoms with Crippen LogP contribution in [0.5, 0.6) is 0 Å². The van der Waals surface area contributed by atoms with Crippen LogP contribution in [0.25, 0.3) is 0 Å². The number of carbonyl (C=O) groups is 1. The molecule has 162 valence electrons. The molecular formula is C21H37NO6. The van der Waals surface area contributed by atoms with Crippen LogP contribution in [0.15, 0.2) is 11.6 Å². The average molecular weight is 400 g/mol. The second-order valence-electron chi connectivity index (χ2n) is 8.14. The number of nitrogens with one attached hydrogen (secondary N) is 1. The molecule has 1 saturated heterocycles. The quantitative estimate of drug-likeness (QED) is 0.247. The summed E-state index contributed by atoms with van der Waals surface area (Å²) in [4.78, 5) is 12.2. The summed E-state index contributed by atoms with van der Waals surface area (Å²) >= 11 is 0. The predicted octanol–water partition coefficient (Wildman–Crippen LogP) is 2.44. The van der Waals surface area contributed by atoms with E-state index >= 15 is 0 Å². The van der Waals surface area contributed by atoms with E-state index < -0.39 is 0 Å². The Morgan fingerprint density at radius 2 is 1.96 bits per heavy atom. The van der Waals surface area contributed by atoms with Gasteiger partial charge >= 0.3 is 5.97 Å². The molecule has 1 heterocycles. The normalized spacial score (nSPS) is 32.2. The smallest absolute Gasteiger partial charge is 0.320 e. The first-order chi connectivity index (χ1) is 13.3. The van der Waals surface area contributed by atoms with Crippen molar-refractivity contribution in [3.63, 3.8) is 0 Å². The molecule has 1 saturated carbocycles. The molecule has 0 aromatic rings. The minimum Gasteiger partial charge on any atom is -0.461 e. The molecule has 0 aromatic heterocycles. The van der Waals surface area contributed by atoms with Crippen molar-refractivity contribution in [2.45, 2.75) is 76.7 Å². The maximum Gasteiger partial charge on any atom is 0.320 e. The minimum atomic E-state index is -0.376. The minimum absolute atomic E-state index is 0.100. The number of allylic oxidation sites excluding steroid dienone is 1. The van der Waals surface area contributed by atoms with E-state index in [9.17, 15) is 4.79 Å². The lowest BCUT2D eigenvalue weighted by atomic mass is 9.75. The molecule has 5 atom stereocenters. The Hall–Kier alpha value is -0.990. The van der Waals surface area contributed by atoms with Gasteiger partial charge in [-0.05, 0) is 46.5 Å². The number of ether oxygens (including phenoxy) is 5. The van der Waals surface area contributed by atoms with Crippen LogP contribution in [-0.4, -0.2) is 70.6 Å². The predicted molar refractivity (Wildman–Crippen MR) is 106 cm³/mol. The van der Waals surface area contributed by atoms with Gasteiger partial charge in [0, 0.05) is 33.8 Å². The molecule has 0 radical (unpaired) electrons. The van der Waals surface area contributed by atoms with E-state index in [4.69, 9.17) is 23.7 Å². The third-order valence-electron chi connectivity index (χ3n) is 5.90. The Bertz CT molecular complexity index is 531. The molecule has 7 heteroatoms. The van der Waals surface area contributed by atoms with Gasteiger partial charge in [-0.2, -0.15) is 0 Å². The fourth-order valence-electron chi connectivity index (χ4n) is 4.10. The number of hydrogen-bond donors (Lipinski definition) is 1. The molecule has 1 aliphatic heterocycles. The van der Waals surface area contributed by atoms with Crippen LogP contribution in [0.3, 0.4) is 0 Å². The molecule has 1 N–H and O–H groups in total. The highest BCUT2D eigenvalue weighted by Gasteiger charge is 2.60. The van der Waals surface area contributed by atoms with Gasteiger partial charge in [-0.25, -0.2) is 0 Å². The van der Waals surface area contributed by atoms with Crippen molar-refractivity contribution in [2.24, 2.45) is 5.92 Å². The van der Waals surface area contributed by atoms with Crippen LogP contribution in [0.1, 0.15) is 46.5 Å². The molecule has 0 spiro atoms. The molecule has 0 amide bonds. The molecule has 2 aliphatic rings. The van der Waals surface area contributed by atoms with Crippen LogP contribution in [0, 0.1) is 5.92 Å². The highest BCUT2D eigenvalue weighted by atomic mass is 16.7. The van der Waals surface area contributed by atoms with E-state index in [-0.39, 0.29) is 48.6 Å². The Morgan fingerprint density at radius 1 is 1.25 bits per heavy atom. The largest absolute Gasteiger partial charge is 0.461 e. The maximum absolute atomic E-state index is 12.2. The van der Waals surface area contributed by atoms with Crippen LogP contribution in [0.2, 0.25) is 0 Å². The summed E-state index contributed by atoms with van der Waals surface area (Å²) in [6.45, 7) is 6.93. The third-order valence-corrected chi connectivity index (χ3v) is 5.90. The molecule has 0 bridgehead atoms. The van der Waals surface area contributed by atoms with Crippen molar-refractivity contribution >= 4 is 5.97 Å². The van der Waals surface area contributed by atoms with Crippen molar-refractivity contribution in [1.82, 2.24) is 5.32 Å². The first-order valence-corrected chi connectivity index (χ1v) is 10.1. The zero-order chi connectivity index (χ0) is 20.7. The highest BCUT2D eigenvalue weighted by Crippen LogP contribution is 2.51. The third kappa shape index (κ3) is 6.26. The number of hydrogen-bond acceptors (Lipinski definition) is 7. The summed E-state index contributed by atoms with van der Waals surface area (Å²) in [7, 11) is 4.88. The topological polar surface area (TPSA) is 78.6 Å². The second kappa shape index (κ2) is 10.7. The summed E-state index contributed by atoms with van der Waals surface area (Å²) in [5, 5.41) is 3.00. The number of epoxide rings is 1. The van der Waals surface area contributed by atoms with Gasteiger partial charge < -0.3 is 29.0 Å². The number of methoxy groups -OCH3 is 3. The van der Waals surface area contributed by atoms with Crippen LogP contribution in [-0.2, 0) is 28.5 Å². The summed E-state index contributed by atoms with van der Waals surface area (Å²) in [6.07, 6.45) is 5.46. The number of esters is 1. The molecule has 2 fully saturated rings. The van der Waals surface area contributed by atoms with Gasteiger partial charge in [-0.3, -0.25) is 4.79 Å². The van der Waals surface area contributed by atoms with Crippen molar-refractivity contribution in [3.05, 3.63) is 11.6 Å². The molecule has 0 aromatic carbocycles. The number of carbonyl (C=O) groups excluding carboxylic acids is 1. The van der Waals surface area contributed by atoms with Gasteiger partial charge in [0.25, 0.3) is 0 Å². The summed E-state index contributed by atoms with van der Waals surface area (Å²) in [5.74, 6) is -0.0348. The summed E-state index contributed by atoms with van der Waals surface area (Å²) in [6, 6.07) is 0. The first kappa shape index (κ1) is 23.3. The van der Waals surface area contributed by atoms with Crippen molar-refractivity contribution < 1.29 is 28.5 Å². The van der Waals surface area contributed by atoms with E-state index in [1.807, 2.05) is 0 Å². The Kier molecular flexibility index (Phi) is 8.89. The fourth-order valence-corrected chi connectivity index (χ4v) is 4.10. The van der Waals surface area contributed by atoms with Gasteiger partial charge in [0.05, 0.1) is 24.4 Å². The zero-order valence-corrected chi connectivity index (χ0v) is 18.2. The van der Waals surface area contributed by atoms with E-state index in [0.717, 1.165) is 25.7 Å². The average Bonchev–Trinajstić information content (AvgIpc) is 3.35. The van der Waals surface area contributed by atoms with Crippen molar-refractivity contribution in [3.8, 4) is 0 Å². The lowest BCUT2D eigenvalue weighted by Crippen LogP contribution is -2.44. The SMILES string of the molecule is COC(CNCC(=O)OC1CC[C@@H](OC)C([C@@]2(C)O[C@@H]2CC=C(C)C)C1)OC. The molecule has 2 unspecified atom stereocenters. The second-order valence-corrected chi connectivity index (χ2v) is 8.14.